The third-order valence-corrected chi connectivity index (χ3v) is 4.32. The summed E-state index contributed by atoms with van der Waals surface area (Å²) >= 11 is 0. The smallest absolute Gasteiger partial charge is 0.231 e. The van der Waals surface area contributed by atoms with Crippen LogP contribution in [0.15, 0.2) is 36.4 Å². The Hall–Kier alpha value is -2.42. The minimum absolute atomic E-state index is 0.186. The minimum atomic E-state index is -3.37. The number of para-hydroxylation sites is 1. The molecule has 128 valence electrons. The molecule has 24 heavy (non-hydrogen) atoms. The first kappa shape index (κ1) is 16.4. The van der Waals surface area contributed by atoms with Crippen LogP contribution in [-0.4, -0.2) is 51.0 Å². The number of benzene rings is 1. The van der Waals surface area contributed by atoms with Gasteiger partial charge in [0.15, 0.2) is 11.6 Å². The predicted molar refractivity (Wildman–Crippen MR) is 91.3 cm³/mol. The lowest BCUT2D eigenvalue weighted by molar-refractivity contribution is 0.595. The highest BCUT2D eigenvalue weighted by atomic mass is 32.2. The van der Waals surface area contributed by atoms with Crippen molar-refractivity contribution >= 4 is 27.3 Å². The first-order valence-corrected chi connectivity index (χ1v) is 9.37. The lowest BCUT2D eigenvalue weighted by atomic mass is 10.2. The van der Waals surface area contributed by atoms with Crippen LogP contribution in [0.25, 0.3) is 0 Å². The number of aromatic nitrogens is 2. The molecule has 2 aromatic rings. The summed E-state index contributed by atoms with van der Waals surface area (Å²) in [5, 5.41) is 7.93. The van der Waals surface area contributed by atoms with Gasteiger partial charge >= 0.3 is 0 Å². The van der Waals surface area contributed by atoms with Crippen molar-refractivity contribution in [3.8, 4) is 0 Å². The van der Waals surface area contributed by atoms with Crippen LogP contribution in [0.3, 0.4) is 0 Å². The molecule has 0 spiro atoms. The van der Waals surface area contributed by atoms with E-state index < -0.39 is 10.0 Å². The van der Waals surface area contributed by atoms with Gasteiger partial charge in [-0.25, -0.2) is 12.8 Å². The van der Waals surface area contributed by atoms with E-state index in [4.69, 9.17) is 0 Å². The molecule has 7 nitrogen and oxygen atoms in total. The summed E-state index contributed by atoms with van der Waals surface area (Å²) in [5.74, 6) is 0.635. The van der Waals surface area contributed by atoms with E-state index >= 15 is 0 Å². The molecule has 0 radical (unpaired) electrons. The first-order chi connectivity index (χ1) is 11.4. The molecule has 0 bridgehead atoms. The fourth-order valence-electron chi connectivity index (χ4n) is 2.62. The SMILES string of the molecule is CS(=O)(=O)Nc1ccc(N2CCN(c3ccccc3F)CC2)nn1. The van der Waals surface area contributed by atoms with Gasteiger partial charge in [0.2, 0.25) is 10.0 Å². The van der Waals surface area contributed by atoms with Crippen molar-refractivity contribution in [1.82, 2.24) is 10.2 Å². The van der Waals surface area contributed by atoms with Crippen molar-refractivity contribution in [2.75, 3.05) is 47.0 Å². The Morgan fingerprint density at radius 1 is 1.00 bits per heavy atom. The highest BCUT2D eigenvalue weighted by molar-refractivity contribution is 7.92. The lowest BCUT2D eigenvalue weighted by Crippen LogP contribution is -2.47. The van der Waals surface area contributed by atoms with Gasteiger partial charge in [0, 0.05) is 26.2 Å². The Labute approximate surface area is 140 Å². The van der Waals surface area contributed by atoms with Crippen LogP contribution >= 0.6 is 0 Å². The summed E-state index contributed by atoms with van der Waals surface area (Å²) in [5.41, 5.74) is 0.607. The van der Waals surface area contributed by atoms with Gasteiger partial charge in [0.1, 0.15) is 5.82 Å². The Balaban J connectivity index is 1.63. The largest absolute Gasteiger partial charge is 0.366 e. The van der Waals surface area contributed by atoms with Gasteiger partial charge in [0.25, 0.3) is 0 Å². The van der Waals surface area contributed by atoms with Gasteiger partial charge in [0.05, 0.1) is 11.9 Å². The molecule has 0 amide bonds. The van der Waals surface area contributed by atoms with Gasteiger partial charge in [-0.2, -0.15) is 0 Å². The number of anilines is 3. The maximum Gasteiger partial charge on any atom is 0.231 e. The van der Waals surface area contributed by atoms with E-state index in [-0.39, 0.29) is 11.6 Å². The van der Waals surface area contributed by atoms with Gasteiger partial charge in [-0.15, -0.1) is 10.2 Å². The summed E-state index contributed by atoms with van der Waals surface area (Å²) in [7, 11) is -3.37. The predicted octanol–water partition coefficient (Wildman–Crippen LogP) is 1.31. The first-order valence-electron chi connectivity index (χ1n) is 7.48. The number of piperazine rings is 1. The number of rotatable bonds is 4. The molecule has 1 aliphatic rings. The fraction of sp³-hybridized carbons (Fsp3) is 0.333. The van der Waals surface area contributed by atoms with Crippen molar-refractivity contribution in [2.24, 2.45) is 0 Å². The van der Waals surface area contributed by atoms with Crippen molar-refractivity contribution in [3.63, 3.8) is 0 Å². The third-order valence-electron chi connectivity index (χ3n) is 3.74. The van der Waals surface area contributed by atoms with Crippen LogP contribution in [0.1, 0.15) is 0 Å². The average Bonchev–Trinajstić information content (AvgIpc) is 2.55. The number of halogens is 1. The molecule has 1 saturated heterocycles. The van der Waals surface area contributed by atoms with Crippen LogP contribution in [-0.2, 0) is 10.0 Å². The van der Waals surface area contributed by atoms with Crippen LogP contribution < -0.4 is 14.5 Å². The maximum absolute atomic E-state index is 13.8. The standard InChI is InChI=1S/C15H18FN5O2S/c1-24(22,23)19-14-6-7-15(18-17-14)21-10-8-20(9-11-21)13-5-3-2-4-12(13)16/h2-7H,8-11H2,1H3,(H,17,19). The third kappa shape index (κ3) is 3.91. The van der Waals surface area contributed by atoms with Gasteiger partial charge < -0.3 is 9.80 Å². The van der Waals surface area contributed by atoms with E-state index in [0.29, 0.717) is 37.7 Å². The molecule has 0 unspecified atom stereocenters. The van der Waals surface area contributed by atoms with Gasteiger partial charge in [-0.3, -0.25) is 4.72 Å². The highest BCUT2D eigenvalue weighted by Crippen LogP contribution is 2.22. The zero-order valence-electron chi connectivity index (χ0n) is 13.2. The van der Waals surface area contributed by atoms with Crippen molar-refractivity contribution in [3.05, 3.63) is 42.2 Å². The molecule has 1 aromatic carbocycles. The number of nitrogens with one attached hydrogen (secondary N) is 1. The Kier molecular flexibility index (Phi) is 4.52. The van der Waals surface area contributed by atoms with Crippen molar-refractivity contribution in [1.29, 1.82) is 0 Å². The van der Waals surface area contributed by atoms with Crippen LogP contribution in [0.4, 0.5) is 21.7 Å². The highest BCUT2D eigenvalue weighted by Gasteiger charge is 2.20. The summed E-state index contributed by atoms with van der Waals surface area (Å²) < 4.78 is 38.4. The van der Waals surface area contributed by atoms with Gasteiger partial charge in [-0.05, 0) is 24.3 Å². The molecule has 1 aromatic heterocycles. The number of nitrogens with zero attached hydrogens (tertiary/aromatic N) is 4. The Bertz CT molecular complexity index is 805. The second-order valence-electron chi connectivity index (χ2n) is 5.58. The molecule has 1 N–H and O–H groups in total. The molecule has 0 aliphatic carbocycles. The topological polar surface area (TPSA) is 78.4 Å². The normalized spacial score (nSPS) is 15.4. The second-order valence-corrected chi connectivity index (χ2v) is 7.32. The monoisotopic (exact) mass is 351 g/mol. The second kappa shape index (κ2) is 6.60. The molecule has 1 aliphatic heterocycles. The van der Waals surface area contributed by atoms with Crippen LogP contribution in [0, 0.1) is 5.82 Å². The van der Waals surface area contributed by atoms with Crippen LogP contribution in [0.2, 0.25) is 0 Å². The number of sulfonamides is 1. The number of hydrogen-bond donors (Lipinski definition) is 1. The molecular formula is C15H18FN5O2S. The zero-order chi connectivity index (χ0) is 17.2. The average molecular weight is 351 g/mol. The quantitative estimate of drug-likeness (QED) is 0.895. The molecule has 0 saturated carbocycles. The zero-order valence-corrected chi connectivity index (χ0v) is 14.0. The van der Waals surface area contributed by atoms with E-state index in [9.17, 15) is 12.8 Å². The lowest BCUT2D eigenvalue weighted by Gasteiger charge is -2.36. The Morgan fingerprint density at radius 3 is 2.25 bits per heavy atom. The van der Waals surface area contributed by atoms with E-state index in [0.717, 1.165) is 6.26 Å². The van der Waals surface area contributed by atoms with E-state index in [1.165, 1.54) is 6.07 Å². The van der Waals surface area contributed by atoms with Gasteiger partial charge in [-0.1, -0.05) is 12.1 Å². The van der Waals surface area contributed by atoms with E-state index in [1.54, 1.807) is 24.3 Å². The minimum Gasteiger partial charge on any atom is -0.366 e. The Morgan fingerprint density at radius 2 is 1.67 bits per heavy atom. The molecule has 2 heterocycles. The number of hydrogen-bond acceptors (Lipinski definition) is 6. The molecule has 9 heteroatoms. The summed E-state index contributed by atoms with van der Waals surface area (Å²) in [4.78, 5) is 4.04. The van der Waals surface area contributed by atoms with E-state index in [2.05, 4.69) is 14.9 Å². The summed E-state index contributed by atoms with van der Waals surface area (Å²) in [6, 6.07) is 10.0. The van der Waals surface area contributed by atoms with Crippen molar-refractivity contribution < 1.29 is 12.8 Å². The molecule has 3 rings (SSSR count). The maximum atomic E-state index is 13.8. The van der Waals surface area contributed by atoms with E-state index in [1.807, 2.05) is 15.9 Å². The van der Waals surface area contributed by atoms with Crippen molar-refractivity contribution in [2.45, 2.75) is 0 Å². The molecule has 0 atom stereocenters. The van der Waals surface area contributed by atoms with Crippen LogP contribution in [0.5, 0.6) is 0 Å². The fourth-order valence-corrected chi connectivity index (χ4v) is 3.11. The molecular weight excluding hydrogens is 333 g/mol. The summed E-state index contributed by atoms with van der Waals surface area (Å²) in [6.07, 6.45) is 1.06. The molecule has 1 fully saturated rings. The summed E-state index contributed by atoms with van der Waals surface area (Å²) in [6.45, 7) is 2.71.